The molecule has 1 aromatic heterocycles. The predicted molar refractivity (Wildman–Crippen MR) is 89.0 cm³/mol. The summed E-state index contributed by atoms with van der Waals surface area (Å²) >= 11 is 0. The molecular weight excluding hydrogens is 292 g/mol. The molecule has 0 radical (unpaired) electrons. The van der Waals surface area contributed by atoms with Crippen molar-refractivity contribution in [3.63, 3.8) is 0 Å². The van der Waals surface area contributed by atoms with Crippen LogP contribution in [0, 0.1) is 0 Å². The van der Waals surface area contributed by atoms with Gasteiger partial charge in [0.15, 0.2) is 0 Å². The van der Waals surface area contributed by atoms with Crippen LogP contribution in [0.25, 0.3) is 10.9 Å². The molecule has 5 heteroatoms. The number of hydrogen-bond acceptors (Lipinski definition) is 3. The standard InChI is InChI=1S/C18H18N2O3/c1-22-14-7-12(8-15(9-14)23-2)18(21)20-11-13-10-19-17-6-4-3-5-16(13)17/h3-10,19H,11H2,1-2H3,(H,20,21). The molecule has 2 N–H and O–H groups in total. The lowest BCUT2D eigenvalue weighted by Gasteiger charge is -2.09. The number of ether oxygens (including phenoxy) is 2. The Morgan fingerprint density at radius 2 is 1.78 bits per heavy atom. The van der Waals surface area contributed by atoms with Gasteiger partial charge in [-0.15, -0.1) is 0 Å². The lowest BCUT2D eigenvalue weighted by Crippen LogP contribution is -2.22. The molecule has 0 unspecified atom stereocenters. The maximum Gasteiger partial charge on any atom is 0.251 e. The number of carbonyl (C=O) groups excluding carboxylic acids is 1. The Kier molecular flexibility index (Phi) is 4.19. The lowest BCUT2D eigenvalue weighted by molar-refractivity contribution is 0.0950. The van der Waals surface area contributed by atoms with E-state index in [1.54, 1.807) is 32.4 Å². The zero-order valence-electron chi connectivity index (χ0n) is 13.1. The number of para-hydroxylation sites is 1. The largest absolute Gasteiger partial charge is 0.497 e. The van der Waals surface area contributed by atoms with Gasteiger partial charge >= 0.3 is 0 Å². The van der Waals surface area contributed by atoms with Crippen molar-refractivity contribution in [2.24, 2.45) is 0 Å². The number of hydrogen-bond donors (Lipinski definition) is 2. The van der Waals surface area contributed by atoms with Gasteiger partial charge in [0.2, 0.25) is 0 Å². The van der Waals surface area contributed by atoms with E-state index in [4.69, 9.17) is 9.47 Å². The molecule has 0 spiro atoms. The molecule has 0 aliphatic heterocycles. The van der Waals surface area contributed by atoms with Crippen LogP contribution < -0.4 is 14.8 Å². The summed E-state index contributed by atoms with van der Waals surface area (Å²) in [5.74, 6) is 0.996. The summed E-state index contributed by atoms with van der Waals surface area (Å²) in [4.78, 5) is 15.6. The number of nitrogens with one attached hydrogen (secondary N) is 2. The van der Waals surface area contributed by atoms with E-state index in [0.717, 1.165) is 16.5 Å². The minimum absolute atomic E-state index is 0.174. The molecule has 3 rings (SSSR count). The number of aromatic nitrogens is 1. The molecule has 3 aromatic rings. The van der Waals surface area contributed by atoms with Crippen LogP contribution in [0.1, 0.15) is 15.9 Å². The van der Waals surface area contributed by atoms with E-state index in [1.165, 1.54) is 0 Å². The molecule has 0 aliphatic rings. The molecule has 1 heterocycles. The molecule has 0 fully saturated rings. The normalized spacial score (nSPS) is 10.5. The van der Waals surface area contributed by atoms with E-state index >= 15 is 0 Å². The molecule has 0 saturated heterocycles. The third kappa shape index (κ3) is 3.13. The average Bonchev–Trinajstić information content (AvgIpc) is 3.02. The van der Waals surface area contributed by atoms with Gasteiger partial charge in [-0.2, -0.15) is 0 Å². The Morgan fingerprint density at radius 3 is 2.48 bits per heavy atom. The number of rotatable bonds is 5. The number of amides is 1. The van der Waals surface area contributed by atoms with Crippen molar-refractivity contribution in [2.75, 3.05) is 14.2 Å². The minimum atomic E-state index is -0.174. The van der Waals surface area contributed by atoms with Crippen LogP contribution >= 0.6 is 0 Å². The molecule has 2 aromatic carbocycles. The Bertz CT molecular complexity index is 817. The van der Waals surface area contributed by atoms with Crippen molar-refractivity contribution in [2.45, 2.75) is 6.54 Å². The predicted octanol–water partition coefficient (Wildman–Crippen LogP) is 3.12. The van der Waals surface area contributed by atoms with Crippen LogP contribution in [-0.2, 0) is 6.54 Å². The Balaban J connectivity index is 1.77. The average molecular weight is 310 g/mol. The Morgan fingerprint density at radius 1 is 1.09 bits per heavy atom. The number of methoxy groups -OCH3 is 2. The fraction of sp³-hybridized carbons (Fsp3) is 0.167. The first-order valence-electron chi connectivity index (χ1n) is 7.27. The monoisotopic (exact) mass is 310 g/mol. The SMILES string of the molecule is COc1cc(OC)cc(C(=O)NCc2c[nH]c3ccccc23)c1. The fourth-order valence-electron chi connectivity index (χ4n) is 2.49. The van der Waals surface area contributed by atoms with Crippen molar-refractivity contribution in [1.82, 2.24) is 10.3 Å². The second kappa shape index (κ2) is 6.44. The van der Waals surface area contributed by atoms with Gasteiger partial charge in [0.1, 0.15) is 11.5 Å². The summed E-state index contributed by atoms with van der Waals surface area (Å²) in [5.41, 5.74) is 2.60. The van der Waals surface area contributed by atoms with Gasteiger partial charge in [0.25, 0.3) is 5.91 Å². The smallest absolute Gasteiger partial charge is 0.251 e. The van der Waals surface area contributed by atoms with Crippen LogP contribution in [0.3, 0.4) is 0 Å². The van der Waals surface area contributed by atoms with Crippen LogP contribution in [0.5, 0.6) is 11.5 Å². The highest BCUT2D eigenvalue weighted by Gasteiger charge is 2.11. The molecule has 5 nitrogen and oxygen atoms in total. The van der Waals surface area contributed by atoms with Gasteiger partial charge in [-0.3, -0.25) is 4.79 Å². The first kappa shape index (κ1) is 15.0. The number of benzene rings is 2. The molecule has 0 aliphatic carbocycles. The number of aromatic amines is 1. The van der Waals surface area contributed by atoms with Gasteiger partial charge in [0, 0.05) is 35.3 Å². The first-order chi connectivity index (χ1) is 11.2. The van der Waals surface area contributed by atoms with E-state index < -0.39 is 0 Å². The highest BCUT2D eigenvalue weighted by Crippen LogP contribution is 2.23. The summed E-state index contributed by atoms with van der Waals surface area (Å²) in [6.45, 7) is 0.447. The van der Waals surface area contributed by atoms with Gasteiger partial charge in [-0.25, -0.2) is 0 Å². The van der Waals surface area contributed by atoms with Crippen molar-refractivity contribution < 1.29 is 14.3 Å². The number of fused-ring (bicyclic) bond motifs is 1. The Labute approximate surface area is 134 Å². The quantitative estimate of drug-likeness (QED) is 0.761. The molecule has 0 bridgehead atoms. The number of H-pyrrole nitrogens is 1. The van der Waals surface area contributed by atoms with Gasteiger partial charge < -0.3 is 19.8 Å². The summed E-state index contributed by atoms with van der Waals surface area (Å²) in [5, 5.41) is 4.03. The lowest BCUT2D eigenvalue weighted by atomic mass is 10.1. The van der Waals surface area contributed by atoms with Gasteiger partial charge in [0.05, 0.1) is 14.2 Å². The zero-order valence-corrected chi connectivity index (χ0v) is 13.1. The van der Waals surface area contributed by atoms with E-state index in [2.05, 4.69) is 10.3 Å². The van der Waals surface area contributed by atoms with Crippen molar-refractivity contribution in [3.8, 4) is 11.5 Å². The molecule has 118 valence electrons. The van der Waals surface area contributed by atoms with Crippen LogP contribution in [0.15, 0.2) is 48.7 Å². The molecule has 0 saturated carbocycles. The summed E-state index contributed by atoms with van der Waals surface area (Å²) in [7, 11) is 3.12. The molecule has 1 amide bonds. The van der Waals surface area contributed by atoms with E-state index in [9.17, 15) is 4.79 Å². The Hall–Kier alpha value is -2.95. The van der Waals surface area contributed by atoms with Crippen LogP contribution in [0.4, 0.5) is 0 Å². The van der Waals surface area contributed by atoms with E-state index in [1.807, 2.05) is 30.5 Å². The maximum atomic E-state index is 12.4. The molecule has 23 heavy (non-hydrogen) atoms. The second-order valence-corrected chi connectivity index (χ2v) is 5.14. The zero-order chi connectivity index (χ0) is 16.2. The molecule has 0 atom stereocenters. The highest BCUT2D eigenvalue weighted by molar-refractivity contribution is 5.95. The minimum Gasteiger partial charge on any atom is -0.497 e. The van der Waals surface area contributed by atoms with Gasteiger partial charge in [-0.05, 0) is 23.8 Å². The summed E-state index contributed by atoms with van der Waals surface area (Å²) in [6.07, 6.45) is 1.91. The van der Waals surface area contributed by atoms with E-state index in [-0.39, 0.29) is 5.91 Å². The third-order valence-electron chi connectivity index (χ3n) is 3.73. The van der Waals surface area contributed by atoms with Crippen molar-refractivity contribution >= 4 is 16.8 Å². The summed E-state index contributed by atoms with van der Waals surface area (Å²) in [6, 6.07) is 13.1. The number of carbonyl (C=O) groups is 1. The van der Waals surface area contributed by atoms with Crippen molar-refractivity contribution in [1.29, 1.82) is 0 Å². The van der Waals surface area contributed by atoms with Crippen LogP contribution in [-0.4, -0.2) is 25.1 Å². The second-order valence-electron chi connectivity index (χ2n) is 5.14. The van der Waals surface area contributed by atoms with Crippen molar-refractivity contribution in [3.05, 3.63) is 59.8 Å². The first-order valence-corrected chi connectivity index (χ1v) is 7.27. The highest BCUT2D eigenvalue weighted by atomic mass is 16.5. The molecular formula is C18H18N2O3. The maximum absolute atomic E-state index is 12.4. The van der Waals surface area contributed by atoms with Crippen LogP contribution in [0.2, 0.25) is 0 Å². The summed E-state index contributed by atoms with van der Waals surface area (Å²) < 4.78 is 10.4. The third-order valence-corrected chi connectivity index (χ3v) is 3.73. The fourth-order valence-corrected chi connectivity index (χ4v) is 2.49. The topological polar surface area (TPSA) is 63.4 Å². The van der Waals surface area contributed by atoms with Gasteiger partial charge in [-0.1, -0.05) is 18.2 Å². The van der Waals surface area contributed by atoms with E-state index in [0.29, 0.717) is 23.6 Å².